The van der Waals surface area contributed by atoms with Crippen LogP contribution in [0.1, 0.15) is 39.5 Å². The summed E-state index contributed by atoms with van der Waals surface area (Å²) < 4.78 is 1.70. The predicted octanol–water partition coefficient (Wildman–Crippen LogP) is 4.96. The number of carbonyl (C=O) groups is 1. The Bertz CT molecular complexity index is 1090. The molecule has 1 amide bonds. The Hall–Kier alpha value is -2.38. The number of carbonyl (C=O) groups excluding carboxylic acids is 1. The van der Waals surface area contributed by atoms with Gasteiger partial charge < -0.3 is 9.80 Å². The molecule has 1 fully saturated rings. The number of unbranched alkanes of at least 4 members (excludes halogenated alkanes) is 1. The molecule has 0 bridgehead atoms. The van der Waals surface area contributed by atoms with Crippen molar-refractivity contribution < 1.29 is 4.79 Å². The molecular weight excluding hydrogens is 447 g/mol. The van der Waals surface area contributed by atoms with E-state index < -0.39 is 0 Å². The van der Waals surface area contributed by atoms with Crippen LogP contribution in [0.2, 0.25) is 10.0 Å². The molecule has 1 aliphatic heterocycles. The first-order valence-electron chi connectivity index (χ1n) is 11.2. The monoisotopic (exact) mass is 474 g/mol. The molecular formula is C23H28Cl2N6O. The summed E-state index contributed by atoms with van der Waals surface area (Å²) in [6.07, 6.45) is 5.78. The maximum absolute atomic E-state index is 12.9. The number of amides is 1. The van der Waals surface area contributed by atoms with Crippen molar-refractivity contribution in [1.82, 2.24) is 24.5 Å². The van der Waals surface area contributed by atoms with Gasteiger partial charge in [-0.3, -0.25) is 4.79 Å². The second-order valence-corrected chi connectivity index (χ2v) is 8.98. The van der Waals surface area contributed by atoms with Crippen molar-refractivity contribution in [3.8, 4) is 11.3 Å². The van der Waals surface area contributed by atoms with Crippen LogP contribution in [0.25, 0.3) is 17.0 Å². The smallest absolute Gasteiger partial charge is 0.254 e. The Balaban J connectivity index is 1.51. The van der Waals surface area contributed by atoms with E-state index in [2.05, 4.69) is 28.7 Å². The van der Waals surface area contributed by atoms with Crippen molar-refractivity contribution in [3.05, 3.63) is 40.5 Å². The highest BCUT2D eigenvalue weighted by Gasteiger charge is 2.27. The normalized spacial score (nSPS) is 15.4. The van der Waals surface area contributed by atoms with Crippen LogP contribution in [0.15, 0.2) is 30.5 Å². The van der Waals surface area contributed by atoms with Crippen molar-refractivity contribution in [2.45, 2.75) is 39.5 Å². The number of piperazine rings is 1. The van der Waals surface area contributed by atoms with E-state index in [1.807, 2.05) is 17.0 Å². The average Bonchev–Trinajstić information content (AvgIpc) is 3.26. The molecule has 0 spiro atoms. The zero-order chi connectivity index (χ0) is 22.7. The van der Waals surface area contributed by atoms with Crippen molar-refractivity contribution in [2.75, 3.05) is 31.1 Å². The Morgan fingerprint density at radius 2 is 1.91 bits per heavy atom. The summed E-state index contributed by atoms with van der Waals surface area (Å²) in [6.45, 7) is 7.01. The molecule has 9 heteroatoms. The van der Waals surface area contributed by atoms with E-state index in [1.165, 1.54) is 0 Å². The van der Waals surface area contributed by atoms with Crippen molar-refractivity contribution in [2.24, 2.45) is 5.92 Å². The second-order valence-electron chi connectivity index (χ2n) is 8.14. The van der Waals surface area contributed by atoms with Gasteiger partial charge in [0.15, 0.2) is 0 Å². The maximum atomic E-state index is 12.9. The van der Waals surface area contributed by atoms with Gasteiger partial charge in [-0.25, -0.2) is 4.98 Å². The number of aromatic nitrogens is 4. The van der Waals surface area contributed by atoms with Crippen molar-refractivity contribution in [1.29, 1.82) is 0 Å². The zero-order valence-corrected chi connectivity index (χ0v) is 20.0. The quantitative estimate of drug-likeness (QED) is 0.483. The van der Waals surface area contributed by atoms with Gasteiger partial charge in [-0.05, 0) is 37.1 Å². The predicted molar refractivity (Wildman–Crippen MR) is 128 cm³/mol. The third kappa shape index (κ3) is 4.69. The van der Waals surface area contributed by atoms with E-state index in [0.29, 0.717) is 48.0 Å². The fraction of sp³-hybridized carbons (Fsp3) is 0.478. The van der Waals surface area contributed by atoms with Gasteiger partial charge in [0.05, 0.1) is 10.7 Å². The summed E-state index contributed by atoms with van der Waals surface area (Å²) in [5.74, 6) is 1.51. The van der Waals surface area contributed by atoms with Crippen LogP contribution >= 0.6 is 23.2 Å². The van der Waals surface area contributed by atoms with Crippen LogP contribution in [0.3, 0.4) is 0 Å². The number of hydrogen-bond donors (Lipinski definition) is 0. The minimum Gasteiger partial charge on any atom is -0.339 e. The molecule has 0 saturated carbocycles. The number of halogens is 2. The van der Waals surface area contributed by atoms with E-state index >= 15 is 0 Å². The molecule has 1 aromatic carbocycles. The number of benzene rings is 1. The lowest BCUT2D eigenvalue weighted by atomic mass is 9.97. The molecule has 1 aliphatic rings. The summed E-state index contributed by atoms with van der Waals surface area (Å²) in [6, 6.07) is 7.18. The summed E-state index contributed by atoms with van der Waals surface area (Å²) in [5.41, 5.74) is 1.55. The van der Waals surface area contributed by atoms with E-state index in [-0.39, 0.29) is 11.8 Å². The van der Waals surface area contributed by atoms with Gasteiger partial charge in [-0.1, -0.05) is 49.9 Å². The molecule has 0 N–H and O–H groups in total. The van der Waals surface area contributed by atoms with Gasteiger partial charge in [-0.15, -0.1) is 5.10 Å². The van der Waals surface area contributed by atoms with Crippen LogP contribution in [-0.4, -0.2) is 56.6 Å². The highest BCUT2D eigenvalue weighted by molar-refractivity contribution is 6.35. The largest absolute Gasteiger partial charge is 0.339 e. The van der Waals surface area contributed by atoms with Crippen LogP contribution in [-0.2, 0) is 4.79 Å². The zero-order valence-electron chi connectivity index (χ0n) is 18.5. The molecule has 0 aliphatic carbocycles. The van der Waals surface area contributed by atoms with Crippen LogP contribution in [0.4, 0.5) is 5.95 Å². The molecule has 7 nitrogen and oxygen atoms in total. The Morgan fingerprint density at radius 3 is 2.62 bits per heavy atom. The number of anilines is 1. The lowest BCUT2D eigenvalue weighted by Gasteiger charge is -2.35. The Morgan fingerprint density at radius 1 is 1.12 bits per heavy atom. The Kier molecular flexibility index (Phi) is 7.16. The molecule has 170 valence electrons. The van der Waals surface area contributed by atoms with Gasteiger partial charge in [0.25, 0.3) is 5.78 Å². The van der Waals surface area contributed by atoms with E-state index in [0.717, 1.165) is 36.9 Å². The molecule has 4 rings (SSSR count). The number of hydrogen-bond acceptors (Lipinski definition) is 5. The first-order chi connectivity index (χ1) is 15.5. The minimum atomic E-state index is 0.129. The third-order valence-corrected chi connectivity index (χ3v) is 6.62. The van der Waals surface area contributed by atoms with E-state index in [4.69, 9.17) is 28.3 Å². The molecule has 32 heavy (non-hydrogen) atoms. The summed E-state index contributed by atoms with van der Waals surface area (Å²) in [4.78, 5) is 26.0. The summed E-state index contributed by atoms with van der Waals surface area (Å²) in [7, 11) is 0. The summed E-state index contributed by atoms with van der Waals surface area (Å²) >= 11 is 12.6. The van der Waals surface area contributed by atoms with Crippen LogP contribution in [0, 0.1) is 5.92 Å². The van der Waals surface area contributed by atoms with Gasteiger partial charge in [0.1, 0.15) is 0 Å². The van der Waals surface area contributed by atoms with Gasteiger partial charge in [0.2, 0.25) is 11.9 Å². The minimum absolute atomic E-state index is 0.129. The third-order valence-electron chi connectivity index (χ3n) is 6.06. The van der Waals surface area contributed by atoms with Gasteiger partial charge in [0, 0.05) is 48.9 Å². The number of nitrogens with zero attached hydrogens (tertiary/aromatic N) is 6. The average molecular weight is 475 g/mol. The van der Waals surface area contributed by atoms with Crippen LogP contribution in [0.5, 0.6) is 0 Å². The van der Waals surface area contributed by atoms with Gasteiger partial charge >= 0.3 is 0 Å². The lowest BCUT2D eigenvalue weighted by molar-refractivity contribution is -0.136. The highest BCUT2D eigenvalue weighted by atomic mass is 35.5. The molecule has 3 aromatic rings. The first-order valence-corrected chi connectivity index (χ1v) is 12.0. The molecule has 0 radical (unpaired) electrons. The lowest BCUT2D eigenvalue weighted by Crippen LogP contribution is -2.50. The van der Waals surface area contributed by atoms with E-state index in [9.17, 15) is 4.79 Å². The first kappa shape index (κ1) is 22.8. The van der Waals surface area contributed by atoms with E-state index in [1.54, 1.807) is 22.8 Å². The molecule has 1 saturated heterocycles. The number of fused-ring (bicyclic) bond motifs is 1. The van der Waals surface area contributed by atoms with Crippen molar-refractivity contribution in [3.63, 3.8) is 0 Å². The highest BCUT2D eigenvalue weighted by Crippen LogP contribution is 2.30. The molecule has 2 aromatic heterocycles. The SMILES string of the molecule is CCCCC(CC)C(=O)N1CCN(c2nc3nccc(-c4cc(Cl)ccc4Cl)n3n2)CC1. The fourth-order valence-electron chi connectivity index (χ4n) is 4.15. The molecule has 3 heterocycles. The van der Waals surface area contributed by atoms with Gasteiger partial charge in [-0.2, -0.15) is 9.50 Å². The van der Waals surface area contributed by atoms with Crippen molar-refractivity contribution >= 4 is 40.8 Å². The van der Waals surface area contributed by atoms with Crippen LogP contribution < -0.4 is 4.90 Å². The molecule has 1 unspecified atom stereocenters. The topological polar surface area (TPSA) is 66.6 Å². The Labute approximate surface area is 198 Å². The number of rotatable bonds is 7. The summed E-state index contributed by atoms with van der Waals surface area (Å²) in [5, 5.41) is 5.89. The second kappa shape index (κ2) is 10.0. The molecule has 1 atom stereocenters. The maximum Gasteiger partial charge on any atom is 0.254 e. The standard InChI is InChI=1S/C23H28Cl2N6O/c1-3-5-6-16(4-2)21(32)29-11-13-30(14-12-29)23-27-22-26-10-9-20(31(22)28-23)18-15-17(24)7-8-19(18)25/h7-10,15-16H,3-6,11-14H2,1-2H3. The fourth-order valence-corrected chi connectivity index (χ4v) is 4.54.